The average Bonchev–Trinajstić information content (AvgIpc) is 2.48. The third kappa shape index (κ3) is 1.04. The summed E-state index contributed by atoms with van der Waals surface area (Å²) < 4.78 is 10.5. The maximum atomic E-state index is 11.0. The van der Waals surface area contributed by atoms with E-state index in [1.54, 1.807) is 0 Å². The van der Waals surface area contributed by atoms with Crippen LogP contribution in [0.4, 0.5) is 0 Å². The van der Waals surface area contributed by atoms with Gasteiger partial charge in [-0.3, -0.25) is 4.79 Å². The van der Waals surface area contributed by atoms with Gasteiger partial charge in [-0.05, 0) is 19.3 Å². The summed E-state index contributed by atoms with van der Waals surface area (Å²) in [5.74, 6) is -0.106. The third-order valence-corrected chi connectivity index (χ3v) is 3.14. The maximum absolute atomic E-state index is 11.0. The van der Waals surface area contributed by atoms with Crippen molar-refractivity contribution in [3.63, 3.8) is 0 Å². The highest BCUT2D eigenvalue weighted by molar-refractivity contribution is 5.70. The molecule has 2 aliphatic rings. The van der Waals surface area contributed by atoms with Crippen LogP contribution in [0, 0.1) is 5.41 Å². The summed E-state index contributed by atoms with van der Waals surface area (Å²) in [5.41, 5.74) is 0.147. The molecule has 68 valence electrons. The minimum Gasteiger partial charge on any atom is -0.435 e. The normalized spacial score (nSPS) is 40.8. The Balaban J connectivity index is 2.15. The molecule has 2 saturated heterocycles. The lowest BCUT2D eigenvalue weighted by molar-refractivity contribution is -0.200. The van der Waals surface area contributed by atoms with Crippen LogP contribution in [0.15, 0.2) is 0 Å². The Morgan fingerprint density at radius 2 is 2.42 bits per heavy atom. The Morgan fingerprint density at radius 3 is 3.17 bits per heavy atom. The quantitative estimate of drug-likeness (QED) is 0.559. The fourth-order valence-corrected chi connectivity index (χ4v) is 2.12. The molecule has 3 nitrogen and oxygen atoms in total. The first-order valence-corrected chi connectivity index (χ1v) is 4.58. The average molecular weight is 170 g/mol. The van der Waals surface area contributed by atoms with Gasteiger partial charge < -0.3 is 9.47 Å². The second kappa shape index (κ2) is 2.73. The zero-order chi connectivity index (χ0) is 8.60. The Morgan fingerprint density at radius 1 is 1.58 bits per heavy atom. The molecular weight excluding hydrogens is 156 g/mol. The highest BCUT2D eigenvalue weighted by Gasteiger charge is 2.48. The van der Waals surface area contributed by atoms with Gasteiger partial charge in [0.1, 0.15) is 0 Å². The molecule has 2 rings (SSSR count). The topological polar surface area (TPSA) is 35.5 Å². The summed E-state index contributed by atoms with van der Waals surface area (Å²) in [6, 6.07) is 0. The number of carbonyl (C=O) groups is 1. The largest absolute Gasteiger partial charge is 0.435 e. The predicted molar refractivity (Wildman–Crippen MR) is 42.4 cm³/mol. The highest BCUT2D eigenvalue weighted by atomic mass is 16.7. The van der Waals surface area contributed by atoms with Gasteiger partial charge in [-0.25, -0.2) is 0 Å². The van der Waals surface area contributed by atoms with Crippen molar-refractivity contribution >= 4 is 5.97 Å². The van der Waals surface area contributed by atoms with Gasteiger partial charge in [0.15, 0.2) is 0 Å². The summed E-state index contributed by atoms with van der Waals surface area (Å²) in [5, 5.41) is 0. The predicted octanol–water partition coefficient (Wildman–Crippen LogP) is 1.47. The van der Waals surface area contributed by atoms with Crippen LogP contribution in [-0.4, -0.2) is 18.9 Å². The van der Waals surface area contributed by atoms with Gasteiger partial charge in [0.05, 0.1) is 6.61 Å². The number of ether oxygens (including phenoxy) is 2. The molecule has 2 atom stereocenters. The van der Waals surface area contributed by atoms with Crippen molar-refractivity contribution in [2.24, 2.45) is 5.41 Å². The molecule has 0 saturated carbocycles. The third-order valence-electron chi connectivity index (χ3n) is 3.14. The lowest BCUT2D eigenvalue weighted by Crippen LogP contribution is -2.39. The van der Waals surface area contributed by atoms with Crippen molar-refractivity contribution in [3.05, 3.63) is 0 Å². The number of esters is 1. The molecule has 0 amide bonds. The molecule has 12 heavy (non-hydrogen) atoms. The van der Waals surface area contributed by atoms with E-state index in [0.29, 0.717) is 6.42 Å². The van der Waals surface area contributed by atoms with Gasteiger partial charge in [0.2, 0.25) is 6.29 Å². The van der Waals surface area contributed by atoms with Crippen LogP contribution in [0.3, 0.4) is 0 Å². The van der Waals surface area contributed by atoms with Crippen LogP contribution in [-0.2, 0) is 14.3 Å². The zero-order valence-electron chi connectivity index (χ0n) is 7.34. The van der Waals surface area contributed by atoms with Crippen LogP contribution in [0.25, 0.3) is 0 Å². The van der Waals surface area contributed by atoms with E-state index in [1.165, 1.54) is 0 Å². The summed E-state index contributed by atoms with van der Waals surface area (Å²) in [4.78, 5) is 11.0. The van der Waals surface area contributed by atoms with Gasteiger partial charge in [-0.1, -0.05) is 6.92 Å². The number of hydrogen-bond acceptors (Lipinski definition) is 3. The van der Waals surface area contributed by atoms with Crippen molar-refractivity contribution in [3.8, 4) is 0 Å². The Bertz CT molecular complexity index is 202. The molecule has 0 spiro atoms. The first-order valence-electron chi connectivity index (χ1n) is 4.58. The van der Waals surface area contributed by atoms with Gasteiger partial charge in [0.25, 0.3) is 0 Å². The summed E-state index contributed by atoms with van der Waals surface area (Å²) in [6.07, 6.45) is 3.34. The van der Waals surface area contributed by atoms with Crippen molar-refractivity contribution in [2.75, 3.05) is 6.61 Å². The number of fused-ring (bicyclic) bond motifs is 1. The summed E-state index contributed by atoms with van der Waals surface area (Å²) >= 11 is 0. The van der Waals surface area contributed by atoms with Crippen LogP contribution >= 0.6 is 0 Å². The molecule has 0 aliphatic carbocycles. The van der Waals surface area contributed by atoms with Gasteiger partial charge in [-0.2, -0.15) is 0 Å². The highest BCUT2D eigenvalue weighted by Crippen LogP contribution is 2.45. The van der Waals surface area contributed by atoms with E-state index >= 15 is 0 Å². The second-order valence-electron chi connectivity index (χ2n) is 3.66. The molecule has 0 bridgehead atoms. The lowest BCUT2D eigenvalue weighted by atomic mass is 9.77. The van der Waals surface area contributed by atoms with Gasteiger partial charge in [0, 0.05) is 11.8 Å². The van der Waals surface area contributed by atoms with Crippen LogP contribution in [0.1, 0.15) is 32.6 Å². The van der Waals surface area contributed by atoms with Crippen molar-refractivity contribution in [2.45, 2.75) is 38.9 Å². The van der Waals surface area contributed by atoms with Crippen molar-refractivity contribution in [1.82, 2.24) is 0 Å². The molecule has 0 aromatic rings. The second-order valence-corrected chi connectivity index (χ2v) is 3.66. The monoisotopic (exact) mass is 170 g/mol. The Labute approximate surface area is 72.0 Å². The molecule has 0 N–H and O–H groups in total. The molecule has 2 aliphatic heterocycles. The first kappa shape index (κ1) is 8.05. The van der Waals surface area contributed by atoms with E-state index < -0.39 is 0 Å². The van der Waals surface area contributed by atoms with E-state index in [1.807, 2.05) is 0 Å². The minimum atomic E-state index is -0.247. The first-order chi connectivity index (χ1) is 5.77. The van der Waals surface area contributed by atoms with Crippen molar-refractivity contribution in [1.29, 1.82) is 0 Å². The molecule has 0 aromatic carbocycles. The lowest BCUT2D eigenvalue weighted by Gasteiger charge is -2.35. The smallest absolute Gasteiger partial charge is 0.308 e. The molecule has 0 aromatic heterocycles. The van der Waals surface area contributed by atoms with E-state index in [0.717, 1.165) is 25.9 Å². The number of rotatable bonds is 1. The molecule has 3 heteroatoms. The fourth-order valence-electron chi connectivity index (χ4n) is 2.12. The van der Waals surface area contributed by atoms with E-state index in [9.17, 15) is 4.79 Å². The summed E-state index contributed by atoms with van der Waals surface area (Å²) in [6.45, 7) is 2.88. The molecule has 1 unspecified atom stereocenters. The Hall–Kier alpha value is -0.570. The van der Waals surface area contributed by atoms with E-state index in [4.69, 9.17) is 9.47 Å². The number of carbonyl (C=O) groups excluding carboxylic acids is 1. The zero-order valence-corrected chi connectivity index (χ0v) is 7.34. The molecule has 2 heterocycles. The summed E-state index contributed by atoms with van der Waals surface area (Å²) in [7, 11) is 0. The molecule has 0 radical (unpaired) electrons. The Kier molecular flexibility index (Phi) is 1.83. The molecule has 2 fully saturated rings. The molecular formula is C9H14O3. The van der Waals surface area contributed by atoms with Gasteiger partial charge >= 0.3 is 5.97 Å². The van der Waals surface area contributed by atoms with Crippen molar-refractivity contribution < 1.29 is 14.3 Å². The number of hydrogen-bond donors (Lipinski definition) is 0. The van der Waals surface area contributed by atoms with E-state index in [2.05, 4.69) is 6.92 Å². The van der Waals surface area contributed by atoms with Crippen LogP contribution in [0.5, 0.6) is 0 Å². The van der Waals surface area contributed by atoms with Crippen LogP contribution in [0.2, 0.25) is 0 Å². The van der Waals surface area contributed by atoms with Crippen LogP contribution < -0.4 is 0 Å². The van der Waals surface area contributed by atoms with E-state index in [-0.39, 0.29) is 17.7 Å². The standard InChI is InChI=1S/C9H14O3/c1-2-9-4-3-7(10)12-8(9)11-6-5-9/h8H,2-6H2,1H3/t8?,9-/m0/s1. The minimum absolute atomic E-state index is 0.106. The maximum Gasteiger partial charge on any atom is 0.308 e. The van der Waals surface area contributed by atoms with Gasteiger partial charge in [-0.15, -0.1) is 0 Å². The fraction of sp³-hybridized carbons (Fsp3) is 0.889. The SMILES string of the molecule is CC[C@]12CCOC1OC(=O)CC2.